The zero-order valence-corrected chi connectivity index (χ0v) is 11.1. The molecule has 5 N–H and O–H groups in total. The predicted molar refractivity (Wildman–Crippen MR) is 76.7 cm³/mol. The van der Waals surface area contributed by atoms with E-state index in [4.69, 9.17) is 10.8 Å². The van der Waals surface area contributed by atoms with Crippen molar-refractivity contribution in [1.29, 1.82) is 0 Å². The van der Waals surface area contributed by atoms with Crippen LogP contribution in [0.2, 0.25) is 0 Å². The number of hydrogen-bond donors (Lipinski definition) is 4. The van der Waals surface area contributed by atoms with Gasteiger partial charge in [-0.3, -0.25) is 4.79 Å². The summed E-state index contributed by atoms with van der Waals surface area (Å²) in [7, 11) is 0. The Morgan fingerprint density at radius 3 is 2.40 bits per heavy atom. The molecule has 6 nitrogen and oxygen atoms in total. The highest BCUT2D eigenvalue weighted by atomic mass is 16.4. The second-order valence-electron chi connectivity index (χ2n) is 5.10. The number of primary amides is 1. The first-order chi connectivity index (χ1) is 9.54. The number of nitrogens with one attached hydrogen (secondary N) is 2. The van der Waals surface area contributed by atoms with Gasteiger partial charge in [0.2, 0.25) is 0 Å². The van der Waals surface area contributed by atoms with Gasteiger partial charge in [0.05, 0.1) is 5.92 Å². The number of carboxylic acids is 1. The summed E-state index contributed by atoms with van der Waals surface area (Å²) in [5.74, 6) is -0.910. The van der Waals surface area contributed by atoms with Crippen molar-refractivity contribution < 1.29 is 14.7 Å². The second-order valence-corrected chi connectivity index (χ2v) is 5.10. The fourth-order valence-corrected chi connectivity index (χ4v) is 2.55. The van der Waals surface area contributed by atoms with Crippen molar-refractivity contribution >= 4 is 23.4 Å². The third-order valence-electron chi connectivity index (χ3n) is 3.58. The highest BCUT2D eigenvalue weighted by Gasteiger charge is 2.25. The van der Waals surface area contributed by atoms with Gasteiger partial charge in [-0.05, 0) is 43.9 Å². The molecule has 0 spiro atoms. The first kappa shape index (κ1) is 14.2. The zero-order chi connectivity index (χ0) is 14.5. The smallest absolute Gasteiger partial charge is 0.316 e. The first-order valence-electron chi connectivity index (χ1n) is 6.70. The first-order valence-corrected chi connectivity index (χ1v) is 6.70. The van der Waals surface area contributed by atoms with Crippen molar-refractivity contribution in [3.05, 3.63) is 24.3 Å². The monoisotopic (exact) mass is 277 g/mol. The maximum atomic E-state index is 10.9. The van der Waals surface area contributed by atoms with Gasteiger partial charge in [-0.1, -0.05) is 6.07 Å². The van der Waals surface area contributed by atoms with Gasteiger partial charge in [-0.2, -0.15) is 0 Å². The number of hydrogen-bond acceptors (Lipinski definition) is 3. The Labute approximate surface area is 117 Å². The summed E-state index contributed by atoms with van der Waals surface area (Å²) in [6.45, 7) is 0. The Morgan fingerprint density at radius 2 is 1.80 bits per heavy atom. The highest BCUT2D eigenvalue weighted by molar-refractivity contribution is 5.88. The lowest BCUT2D eigenvalue weighted by Crippen LogP contribution is -2.29. The molecule has 0 saturated heterocycles. The Balaban J connectivity index is 1.91. The minimum atomic E-state index is -0.698. The summed E-state index contributed by atoms with van der Waals surface area (Å²) < 4.78 is 0. The molecule has 0 aliphatic heterocycles. The fourth-order valence-electron chi connectivity index (χ4n) is 2.55. The molecular weight excluding hydrogens is 258 g/mol. The number of rotatable bonds is 4. The third kappa shape index (κ3) is 3.88. The largest absolute Gasteiger partial charge is 0.481 e. The number of nitrogens with two attached hydrogens (primary N) is 1. The van der Waals surface area contributed by atoms with E-state index >= 15 is 0 Å². The minimum Gasteiger partial charge on any atom is -0.481 e. The molecule has 0 heterocycles. The second kappa shape index (κ2) is 6.27. The maximum absolute atomic E-state index is 10.9. The average molecular weight is 277 g/mol. The van der Waals surface area contributed by atoms with Crippen LogP contribution in [0.5, 0.6) is 0 Å². The molecule has 1 aliphatic rings. The van der Waals surface area contributed by atoms with Crippen LogP contribution in [0.15, 0.2) is 24.3 Å². The van der Waals surface area contributed by atoms with Crippen molar-refractivity contribution in [2.24, 2.45) is 11.7 Å². The van der Waals surface area contributed by atoms with Crippen LogP contribution in [0, 0.1) is 5.92 Å². The van der Waals surface area contributed by atoms with Crippen LogP contribution in [0.25, 0.3) is 0 Å². The summed E-state index contributed by atoms with van der Waals surface area (Å²) in [6, 6.07) is 7.00. The number of amides is 2. The van der Waals surface area contributed by atoms with E-state index in [2.05, 4.69) is 10.6 Å². The van der Waals surface area contributed by atoms with Crippen LogP contribution in [-0.2, 0) is 4.79 Å². The number of aliphatic carboxylic acids is 1. The molecule has 1 saturated carbocycles. The number of anilines is 2. The molecule has 1 fully saturated rings. The summed E-state index contributed by atoms with van der Waals surface area (Å²) in [6.07, 6.45) is 3.08. The Kier molecular flexibility index (Phi) is 4.45. The van der Waals surface area contributed by atoms with Crippen LogP contribution in [0.1, 0.15) is 25.7 Å². The van der Waals surface area contributed by atoms with Crippen LogP contribution in [0.4, 0.5) is 16.2 Å². The summed E-state index contributed by atoms with van der Waals surface area (Å²) in [4.78, 5) is 21.7. The Hall–Kier alpha value is -2.24. The van der Waals surface area contributed by atoms with Crippen molar-refractivity contribution in [3.8, 4) is 0 Å². The van der Waals surface area contributed by atoms with Crippen molar-refractivity contribution in [2.45, 2.75) is 31.7 Å². The average Bonchev–Trinajstić information content (AvgIpc) is 2.39. The lowest BCUT2D eigenvalue weighted by atomic mass is 9.86. The highest BCUT2D eigenvalue weighted by Crippen LogP contribution is 2.27. The van der Waals surface area contributed by atoms with Gasteiger partial charge in [0.1, 0.15) is 0 Å². The van der Waals surface area contributed by atoms with Crippen molar-refractivity contribution in [1.82, 2.24) is 0 Å². The van der Waals surface area contributed by atoms with Gasteiger partial charge in [-0.25, -0.2) is 4.79 Å². The lowest BCUT2D eigenvalue weighted by Gasteiger charge is -2.27. The Morgan fingerprint density at radius 1 is 1.15 bits per heavy atom. The molecule has 0 unspecified atom stereocenters. The fraction of sp³-hybridized carbons (Fsp3) is 0.429. The molecule has 0 atom stereocenters. The Bertz CT molecular complexity index is 496. The molecule has 6 heteroatoms. The molecule has 1 aromatic carbocycles. The van der Waals surface area contributed by atoms with E-state index in [9.17, 15) is 9.59 Å². The molecule has 0 bridgehead atoms. The third-order valence-corrected chi connectivity index (χ3v) is 3.58. The number of carbonyl (C=O) groups is 2. The normalized spacial score (nSPS) is 22.0. The maximum Gasteiger partial charge on any atom is 0.316 e. The standard InChI is InChI=1S/C14H19N3O3/c15-14(20)17-12-3-1-2-11(8-12)16-10-6-4-9(5-7-10)13(18)19/h1-3,8-10,16H,4-7H2,(H,18,19)(H3,15,17,20). The number of urea groups is 1. The number of benzene rings is 1. The molecular formula is C14H19N3O3. The van der Waals surface area contributed by atoms with Crippen LogP contribution in [0.3, 0.4) is 0 Å². The van der Waals surface area contributed by atoms with Crippen LogP contribution >= 0.6 is 0 Å². The lowest BCUT2D eigenvalue weighted by molar-refractivity contribution is -0.142. The van der Waals surface area contributed by atoms with E-state index in [1.54, 1.807) is 6.07 Å². The van der Waals surface area contributed by atoms with Gasteiger partial charge in [0.15, 0.2) is 0 Å². The van der Waals surface area contributed by atoms with Gasteiger partial charge in [0, 0.05) is 17.4 Å². The van der Waals surface area contributed by atoms with Gasteiger partial charge >= 0.3 is 12.0 Å². The van der Waals surface area contributed by atoms with E-state index in [1.807, 2.05) is 18.2 Å². The molecule has 0 aromatic heterocycles. The van der Waals surface area contributed by atoms with Crippen molar-refractivity contribution in [2.75, 3.05) is 10.6 Å². The molecule has 1 aromatic rings. The number of carbonyl (C=O) groups excluding carboxylic acids is 1. The van der Waals surface area contributed by atoms with E-state index in [1.165, 1.54) is 0 Å². The van der Waals surface area contributed by atoms with Crippen LogP contribution in [-0.4, -0.2) is 23.1 Å². The van der Waals surface area contributed by atoms with Gasteiger partial charge in [0.25, 0.3) is 0 Å². The topological polar surface area (TPSA) is 104 Å². The molecule has 108 valence electrons. The van der Waals surface area contributed by atoms with E-state index in [-0.39, 0.29) is 12.0 Å². The molecule has 2 rings (SSSR count). The van der Waals surface area contributed by atoms with Crippen molar-refractivity contribution in [3.63, 3.8) is 0 Å². The molecule has 20 heavy (non-hydrogen) atoms. The van der Waals surface area contributed by atoms with E-state index < -0.39 is 12.0 Å². The quantitative estimate of drug-likeness (QED) is 0.677. The van der Waals surface area contributed by atoms with E-state index in [0.717, 1.165) is 18.5 Å². The molecule has 2 amide bonds. The van der Waals surface area contributed by atoms with Gasteiger partial charge in [-0.15, -0.1) is 0 Å². The number of carboxylic acid groups (broad SMARTS) is 1. The minimum absolute atomic E-state index is 0.212. The van der Waals surface area contributed by atoms with Gasteiger partial charge < -0.3 is 21.5 Å². The summed E-state index contributed by atoms with van der Waals surface area (Å²) in [5.41, 5.74) is 6.62. The summed E-state index contributed by atoms with van der Waals surface area (Å²) in [5, 5.41) is 14.9. The summed E-state index contributed by atoms with van der Waals surface area (Å²) >= 11 is 0. The molecule has 1 aliphatic carbocycles. The predicted octanol–water partition coefficient (Wildman–Crippen LogP) is 2.23. The SMILES string of the molecule is NC(=O)Nc1cccc(NC2CCC(C(=O)O)CC2)c1. The van der Waals surface area contributed by atoms with Crippen LogP contribution < -0.4 is 16.4 Å². The van der Waals surface area contributed by atoms with E-state index in [0.29, 0.717) is 18.5 Å². The zero-order valence-electron chi connectivity index (χ0n) is 11.1. The molecule has 0 radical (unpaired) electrons.